The zero-order valence-corrected chi connectivity index (χ0v) is 14.2. The summed E-state index contributed by atoms with van der Waals surface area (Å²) in [5, 5.41) is 6.63. The number of anilines is 1. The van der Waals surface area contributed by atoms with Gasteiger partial charge in [-0.3, -0.25) is 5.32 Å². The summed E-state index contributed by atoms with van der Waals surface area (Å²) in [6.07, 6.45) is 2.76. The first-order valence-electron chi connectivity index (χ1n) is 8.61. The van der Waals surface area contributed by atoms with Crippen LogP contribution in [0.4, 0.5) is 10.6 Å². The van der Waals surface area contributed by atoms with E-state index in [1.807, 2.05) is 23.1 Å². The minimum atomic E-state index is -0.164. The van der Waals surface area contributed by atoms with Crippen molar-refractivity contribution < 1.29 is 18.8 Å². The van der Waals surface area contributed by atoms with Gasteiger partial charge in [0.2, 0.25) is 0 Å². The van der Waals surface area contributed by atoms with Gasteiger partial charge in [-0.25, -0.2) is 4.79 Å². The van der Waals surface area contributed by atoms with Crippen LogP contribution in [-0.2, 0) is 0 Å². The Morgan fingerprint density at radius 2 is 2.04 bits per heavy atom. The molecule has 7 heteroatoms. The molecule has 0 bridgehead atoms. The minimum Gasteiger partial charge on any atom is -0.490 e. The number of likely N-dealkylation sites (tertiary alicyclic amines) is 1. The van der Waals surface area contributed by atoms with E-state index < -0.39 is 0 Å². The summed E-state index contributed by atoms with van der Waals surface area (Å²) in [6, 6.07) is 7.51. The fourth-order valence-corrected chi connectivity index (χ4v) is 3.35. The van der Waals surface area contributed by atoms with Gasteiger partial charge in [-0.2, -0.15) is 0 Å². The number of nitrogens with one attached hydrogen (secondary N) is 1. The largest absolute Gasteiger partial charge is 0.490 e. The molecule has 0 saturated carbocycles. The predicted molar refractivity (Wildman–Crippen MR) is 91.0 cm³/mol. The molecule has 0 radical (unpaired) electrons. The van der Waals surface area contributed by atoms with Gasteiger partial charge in [-0.05, 0) is 37.5 Å². The molecule has 2 aromatic rings. The monoisotopic (exact) mass is 343 g/mol. The topological polar surface area (TPSA) is 76.8 Å². The number of benzene rings is 1. The summed E-state index contributed by atoms with van der Waals surface area (Å²) in [4.78, 5) is 14.5. The first-order chi connectivity index (χ1) is 12.2. The number of aromatic nitrogens is 1. The molecule has 1 saturated heterocycles. The predicted octanol–water partition coefficient (Wildman–Crippen LogP) is 3.51. The van der Waals surface area contributed by atoms with E-state index in [1.165, 1.54) is 0 Å². The van der Waals surface area contributed by atoms with Crippen LogP contribution in [0.1, 0.15) is 36.6 Å². The number of urea groups is 1. The molecular weight excluding hydrogens is 322 g/mol. The van der Waals surface area contributed by atoms with E-state index in [1.54, 1.807) is 13.0 Å². The van der Waals surface area contributed by atoms with E-state index in [9.17, 15) is 4.79 Å². The highest BCUT2D eigenvalue weighted by Crippen LogP contribution is 2.38. The second-order valence-electron chi connectivity index (χ2n) is 6.36. The summed E-state index contributed by atoms with van der Waals surface area (Å²) in [5.74, 6) is 2.63. The maximum Gasteiger partial charge on any atom is 0.323 e. The van der Waals surface area contributed by atoms with Gasteiger partial charge in [0.25, 0.3) is 0 Å². The van der Waals surface area contributed by atoms with Crippen LogP contribution < -0.4 is 14.8 Å². The maximum absolute atomic E-state index is 12.6. The third-order valence-electron chi connectivity index (χ3n) is 4.53. The van der Waals surface area contributed by atoms with Crippen LogP contribution in [0.5, 0.6) is 11.5 Å². The SMILES string of the molecule is Cc1cc(NC(=O)N2CCC[C@H]2c2ccc3c(c2)OCCCO3)no1. The van der Waals surface area contributed by atoms with E-state index >= 15 is 0 Å². The molecule has 2 aliphatic rings. The van der Waals surface area contributed by atoms with E-state index in [0.29, 0.717) is 31.3 Å². The molecule has 1 fully saturated rings. The van der Waals surface area contributed by atoms with Crippen molar-refractivity contribution in [2.24, 2.45) is 0 Å². The van der Waals surface area contributed by atoms with Crippen LogP contribution in [-0.4, -0.2) is 35.8 Å². The molecular formula is C18H21N3O4. The van der Waals surface area contributed by atoms with Crippen molar-refractivity contribution in [1.82, 2.24) is 10.1 Å². The quantitative estimate of drug-likeness (QED) is 0.903. The fraction of sp³-hybridized carbons (Fsp3) is 0.444. The first kappa shape index (κ1) is 15.8. The van der Waals surface area contributed by atoms with Crippen molar-refractivity contribution in [1.29, 1.82) is 0 Å². The Kier molecular flexibility index (Phi) is 4.21. The number of fused-ring (bicyclic) bond motifs is 1. The lowest BCUT2D eigenvalue weighted by Crippen LogP contribution is -2.34. The van der Waals surface area contributed by atoms with E-state index in [0.717, 1.165) is 36.3 Å². The summed E-state index contributed by atoms with van der Waals surface area (Å²) in [6.45, 7) is 3.82. The van der Waals surface area contributed by atoms with Crippen molar-refractivity contribution >= 4 is 11.8 Å². The standard InChI is InChI=1S/C18H21N3O4/c1-12-10-17(20-25-12)19-18(22)21-7-2-4-14(21)13-5-6-15-16(11-13)24-9-3-8-23-15/h5-6,10-11,14H,2-4,7-9H2,1H3,(H,19,20,22)/t14-/m0/s1. The van der Waals surface area contributed by atoms with E-state index in [2.05, 4.69) is 10.5 Å². The third-order valence-corrected chi connectivity index (χ3v) is 4.53. The second kappa shape index (κ2) is 6.66. The number of hydrogen-bond acceptors (Lipinski definition) is 5. The molecule has 1 N–H and O–H groups in total. The number of carbonyl (C=O) groups is 1. The van der Waals surface area contributed by atoms with Crippen LogP contribution in [0.25, 0.3) is 0 Å². The molecule has 3 heterocycles. The Morgan fingerprint density at radius 3 is 2.84 bits per heavy atom. The molecule has 4 rings (SSSR count). The van der Waals surface area contributed by atoms with Crippen LogP contribution in [0, 0.1) is 6.92 Å². The number of amides is 2. The molecule has 25 heavy (non-hydrogen) atoms. The third kappa shape index (κ3) is 3.26. The lowest BCUT2D eigenvalue weighted by atomic mass is 10.0. The van der Waals surface area contributed by atoms with Crippen molar-refractivity contribution in [3.8, 4) is 11.5 Å². The minimum absolute atomic E-state index is 0.0187. The Hall–Kier alpha value is -2.70. The molecule has 1 aromatic heterocycles. The summed E-state index contributed by atoms with van der Waals surface area (Å²) < 4.78 is 16.5. The number of ether oxygens (including phenoxy) is 2. The highest BCUT2D eigenvalue weighted by atomic mass is 16.5. The molecule has 1 aromatic carbocycles. The average Bonchev–Trinajstić information content (AvgIpc) is 3.18. The van der Waals surface area contributed by atoms with Gasteiger partial charge in [0.15, 0.2) is 17.3 Å². The van der Waals surface area contributed by atoms with Crippen LogP contribution in [0.15, 0.2) is 28.8 Å². The second-order valence-corrected chi connectivity index (χ2v) is 6.36. The summed E-state index contributed by atoms with van der Waals surface area (Å²) >= 11 is 0. The smallest absolute Gasteiger partial charge is 0.323 e. The first-order valence-corrected chi connectivity index (χ1v) is 8.61. The normalized spacial score (nSPS) is 19.6. The lowest BCUT2D eigenvalue weighted by Gasteiger charge is -2.25. The number of carbonyl (C=O) groups excluding carboxylic acids is 1. The Bertz CT molecular complexity index is 773. The lowest BCUT2D eigenvalue weighted by molar-refractivity contribution is 0.206. The van der Waals surface area contributed by atoms with Gasteiger partial charge in [0.05, 0.1) is 19.3 Å². The van der Waals surface area contributed by atoms with Crippen LogP contribution in [0.2, 0.25) is 0 Å². The molecule has 132 valence electrons. The molecule has 2 amide bonds. The molecule has 0 aliphatic carbocycles. The van der Waals surface area contributed by atoms with Crippen molar-refractivity contribution in [2.75, 3.05) is 25.1 Å². The summed E-state index contributed by atoms with van der Waals surface area (Å²) in [5.41, 5.74) is 1.06. The van der Waals surface area contributed by atoms with Gasteiger partial charge in [0.1, 0.15) is 5.76 Å². The van der Waals surface area contributed by atoms with Crippen LogP contribution in [0.3, 0.4) is 0 Å². The zero-order valence-electron chi connectivity index (χ0n) is 14.2. The van der Waals surface area contributed by atoms with E-state index in [4.69, 9.17) is 14.0 Å². The number of aryl methyl sites for hydroxylation is 1. The highest BCUT2D eigenvalue weighted by Gasteiger charge is 2.31. The van der Waals surface area contributed by atoms with E-state index in [-0.39, 0.29) is 12.1 Å². The van der Waals surface area contributed by atoms with Gasteiger partial charge >= 0.3 is 6.03 Å². The fourth-order valence-electron chi connectivity index (χ4n) is 3.35. The number of nitrogens with zero attached hydrogens (tertiary/aromatic N) is 2. The number of rotatable bonds is 2. The van der Waals surface area contributed by atoms with Gasteiger partial charge in [-0.1, -0.05) is 11.2 Å². The Labute approximate surface area is 145 Å². The highest BCUT2D eigenvalue weighted by molar-refractivity contribution is 5.88. The summed E-state index contributed by atoms with van der Waals surface area (Å²) in [7, 11) is 0. The maximum atomic E-state index is 12.6. The van der Waals surface area contributed by atoms with Gasteiger partial charge in [0, 0.05) is 19.0 Å². The molecule has 1 atom stereocenters. The average molecular weight is 343 g/mol. The molecule has 7 nitrogen and oxygen atoms in total. The van der Waals surface area contributed by atoms with Crippen molar-refractivity contribution in [3.05, 3.63) is 35.6 Å². The van der Waals surface area contributed by atoms with Crippen LogP contribution >= 0.6 is 0 Å². The van der Waals surface area contributed by atoms with Crippen molar-refractivity contribution in [3.63, 3.8) is 0 Å². The zero-order chi connectivity index (χ0) is 17.2. The Balaban J connectivity index is 1.53. The molecule has 0 spiro atoms. The number of hydrogen-bond donors (Lipinski definition) is 1. The van der Waals surface area contributed by atoms with Gasteiger partial charge < -0.3 is 18.9 Å². The molecule has 2 aliphatic heterocycles. The molecule has 0 unspecified atom stereocenters. The van der Waals surface area contributed by atoms with Crippen molar-refractivity contribution in [2.45, 2.75) is 32.2 Å². The Morgan fingerprint density at radius 1 is 1.20 bits per heavy atom. The van der Waals surface area contributed by atoms with Gasteiger partial charge in [-0.15, -0.1) is 0 Å².